The van der Waals surface area contributed by atoms with Gasteiger partial charge >= 0.3 is 0 Å². The van der Waals surface area contributed by atoms with E-state index in [-0.39, 0.29) is 6.04 Å². The molecule has 19 heavy (non-hydrogen) atoms. The molecule has 0 aliphatic rings. The number of hydrazine groups is 1. The van der Waals surface area contributed by atoms with Gasteiger partial charge in [-0.3, -0.25) is 10.5 Å². The predicted molar refractivity (Wildman–Crippen MR) is 74.8 cm³/mol. The lowest BCUT2D eigenvalue weighted by Gasteiger charge is -2.15. The lowest BCUT2D eigenvalue weighted by Crippen LogP contribution is -2.30. The van der Waals surface area contributed by atoms with Crippen molar-refractivity contribution >= 4 is 11.6 Å². The predicted octanol–water partition coefficient (Wildman–Crippen LogP) is 2.28. The van der Waals surface area contributed by atoms with Crippen molar-refractivity contribution in [1.82, 2.24) is 15.2 Å². The van der Waals surface area contributed by atoms with Crippen LogP contribution in [0.15, 0.2) is 16.7 Å². The molecule has 0 aliphatic heterocycles. The number of nitrogens with zero attached hydrogens (tertiary/aromatic N) is 2. The normalized spacial score (nSPS) is 12.9. The zero-order chi connectivity index (χ0) is 14.0. The van der Waals surface area contributed by atoms with Crippen LogP contribution in [0.4, 0.5) is 0 Å². The number of rotatable bonds is 5. The molecular formula is C13H19ClN4O. The largest absolute Gasteiger partial charge is 0.467 e. The van der Waals surface area contributed by atoms with Gasteiger partial charge in [-0.1, -0.05) is 18.5 Å². The van der Waals surface area contributed by atoms with E-state index < -0.39 is 0 Å². The van der Waals surface area contributed by atoms with Gasteiger partial charge in [0.15, 0.2) is 0 Å². The second kappa shape index (κ2) is 5.77. The summed E-state index contributed by atoms with van der Waals surface area (Å²) in [5.41, 5.74) is 5.71. The number of hydrogen-bond donors (Lipinski definition) is 2. The van der Waals surface area contributed by atoms with Crippen molar-refractivity contribution in [3.8, 4) is 0 Å². The summed E-state index contributed by atoms with van der Waals surface area (Å²) >= 11 is 6.35. The van der Waals surface area contributed by atoms with Gasteiger partial charge in [-0.15, -0.1) is 0 Å². The molecule has 0 radical (unpaired) electrons. The summed E-state index contributed by atoms with van der Waals surface area (Å²) in [6, 6.07) is 1.80. The Hall–Kier alpha value is -1.30. The Morgan fingerprint density at radius 3 is 2.79 bits per heavy atom. The van der Waals surface area contributed by atoms with Crippen molar-refractivity contribution in [1.29, 1.82) is 0 Å². The molecule has 3 N–H and O–H groups in total. The highest BCUT2D eigenvalue weighted by atomic mass is 35.5. The van der Waals surface area contributed by atoms with Gasteiger partial charge in [0.05, 0.1) is 28.7 Å². The van der Waals surface area contributed by atoms with E-state index in [1.54, 1.807) is 6.26 Å². The first-order valence-electron chi connectivity index (χ1n) is 6.28. The average molecular weight is 283 g/mol. The Labute approximate surface area is 117 Å². The van der Waals surface area contributed by atoms with Crippen molar-refractivity contribution in [2.75, 3.05) is 0 Å². The van der Waals surface area contributed by atoms with Gasteiger partial charge in [0.2, 0.25) is 0 Å². The number of nitrogens with two attached hydrogens (primary N) is 1. The van der Waals surface area contributed by atoms with Gasteiger partial charge in [-0.2, -0.15) is 5.10 Å². The fraction of sp³-hybridized carbons (Fsp3) is 0.462. The summed E-state index contributed by atoms with van der Waals surface area (Å²) in [6.45, 7) is 4.03. The van der Waals surface area contributed by atoms with Crippen molar-refractivity contribution in [2.45, 2.75) is 32.7 Å². The van der Waals surface area contributed by atoms with Crippen LogP contribution in [0.25, 0.3) is 0 Å². The number of hydrogen-bond acceptors (Lipinski definition) is 4. The summed E-state index contributed by atoms with van der Waals surface area (Å²) in [7, 11) is 1.89. The third kappa shape index (κ3) is 2.68. The summed E-state index contributed by atoms with van der Waals surface area (Å²) in [5.74, 6) is 6.47. The van der Waals surface area contributed by atoms with Gasteiger partial charge in [0.25, 0.3) is 0 Å². The summed E-state index contributed by atoms with van der Waals surface area (Å²) in [4.78, 5) is 0. The molecule has 2 heterocycles. The van der Waals surface area contributed by atoms with Crippen molar-refractivity contribution in [3.63, 3.8) is 0 Å². The van der Waals surface area contributed by atoms with Crippen LogP contribution in [-0.4, -0.2) is 9.78 Å². The Morgan fingerprint density at radius 2 is 2.32 bits per heavy atom. The second-order valence-corrected chi connectivity index (χ2v) is 4.95. The van der Waals surface area contributed by atoms with Crippen molar-refractivity contribution in [3.05, 3.63) is 40.1 Å². The third-order valence-electron chi connectivity index (χ3n) is 3.32. The maximum Gasteiger partial charge on any atom is 0.125 e. The monoisotopic (exact) mass is 282 g/mol. The molecule has 1 unspecified atom stereocenters. The summed E-state index contributed by atoms with van der Waals surface area (Å²) in [5, 5.41) is 5.12. The van der Waals surface area contributed by atoms with E-state index >= 15 is 0 Å². The molecule has 0 aliphatic carbocycles. The highest BCUT2D eigenvalue weighted by molar-refractivity contribution is 6.31. The van der Waals surface area contributed by atoms with E-state index in [1.165, 1.54) is 0 Å². The molecule has 104 valence electrons. The van der Waals surface area contributed by atoms with Crippen molar-refractivity contribution < 1.29 is 4.42 Å². The second-order valence-electron chi connectivity index (χ2n) is 4.58. The van der Waals surface area contributed by atoms with E-state index in [4.69, 9.17) is 21.9 Å². The molecule has 0 aromatic carbocycles. The van der Waals surface area contributed by atoms with Crippen LogP contribution >= 0.6 is 11.6 Å². The minimum atomic E-state index is -0.118. The first-order chi connectivity index (χ1) is 9.08. The van der Waals surface area contributed by atoms with E-state index in [1.807, 2.05) is 31.6 Å². The molecule has 0 fully saturated rings. The first kappa shape index (κ1) is 14.1. The fourth-order valence-corrected chi connectivity index (χ4v) is 2.57. The minimum absolute atomic E-state index is 0.118. The topological polar surface area (TPSA) is 69.0 Å². The molecule has 0 amide bonds. The number of halogens is 1. The SMILES string of the molecule is CCc1nn(C)c(CC(NN)c2occc2C)c1Cl. The minimum Gasteiger partial charge on any atom is -0.467 e. The van der Waals surface area contributed by atoms with E-state index in [9.17, 15) is 0 Å². The van der Waals surface area contributed by atoms with Crippen LogP contribution in [0.5, 0.6) is 0 Å². The number of aromatic nitrogens is 2. The van der Waals surface area contributed by atoms with Crippen LogP contribution < -0.4 is 11.3 Å². The zero-order valence-electron chi connectivity index (χ0n) is 11.4. The maximum atomic E-state index is 6.35. The fourth-order valence-electron chi connectivity index (χ4n) is 2.20. The number of furan rings is 1. The molecule has 0 spiro atoms. The molecular weight excluding hydrogens is 264 g/mol. The smallest absolute Gasteiger partial charge is 0.125 e. The van der Waals surface area contributed by atoms with Crippen LogP contribution in [0.2, 0.25) is 5.02 Å². The lowest BCUT2D eigenvalue weighted by molar-refractivity contribution is 0.407. The molecule has 0 saturated carbocycles. The molecule has 2 aromatic rings. The Morgan fingerprint density at radius 1 is 1.58 bits per heavy atom. The molecule has 6 heteroatoms. The van der Waals surface area contributed by atoms with Gasteiger partial charge in [-0.25, -0.2) is 5.43 Å². The Kier molecular flexibility index (Phi) is 4.29. The molecule has 5 nitrogen and oxygen atoms in total. The highest BCUT2D eigenvalue weighted by Crippen LogP contribution is 2.27. The van der Waals surface area contributed by atoms with E-state index in [2.05, 4.69) is 10.5 Å². The van der Waals surface area contributed by atoms with Crippen LogP contribution in [0, 0.1) is 6.92 Å². The molecule has 1 atom stereocenters. The highest BCUT2D eigenvalue weighted by Gasteiger charge is 2.21. The quantitative estimate of drug-likeness (QED) is 0.652. The van der Waals surface area contributed by atoms with E-state index in [0.717, 1.165) is 34.2 Å². The van der Waals surface area contributed by atoms with Crippen molar-refractivity contribution in [2.24, 2.45) is 12.9 Å². The van der Waals surface area contributed by atoms with Gasteiger partial charge < -0.3 is 4.42 Å². The Bertz CT molecular complexity index is 561. The molecule has 2 aromatic heterocycles. The zero-order valence-corrected chi connectivity index (χ0v) is 12.2. The third-order valence-corrected chi connectivity index (χ3v) is 3.76. The first-order valence-corrected chi connectivity index (χ1v) is 6.66. The standard InChI is InChI=1S/C13H19ClN4O/c1-4-9-12(14)11(18(3)17-9)7-10(16-15)13-8(2)5-6-19-13/h5-6,10,16H,4,7,15H2,1-3H3. The molecule has 2 rings (SSSR count). The molecule has 0 bridgehead atoms. The number of aryl methyl sites for hydroxylation is 3. The van der Waals surface area contributed by atoms with Gasteiger partial charge in [-0.05, 0) is 25.0 Å². The van der Waals surface area contributed by atoms with Crippen LogP contribution in [0.1, 0.15) is 35.7 Å². The van der Waals surface area contributed by atoms with Gasteiger partial charge in [0, 0.05) is 13.5 Å². The average Bonchev–Trinajstić information content (AvgIpc) is 2.93. The van der Waals surface area contributed by atoms with E-state index in [0.29, 0.717) is 6.42 Å². The van der Waals surface area contributed by atoms with Crippen LogP contribution in [0.3, 0.4) is 0 Å². The summed E-state index contributed by atoms with van der Waals surface area (Å²) < 4.78 is 7.30. The Balaban J connectivity index is 2.29. The summed E-state index contributed by atoms with van der Waals surface area (Å²) in [6.07, 6.45) is 3.11. The van der Waals surface area contributed by atoms with Gasteiger partial charge in [0.1, 0.15) is 5.76 Å². The lowest BCUT2D eigenvalue weighted by atomic mass is 10.1. The van der Waals surface area contributed by atoms with Crippen LogP contribution in [-0.2, 0) is 19.9 Å². The maximum absolute atomic E-state index is 6.35. The molecule has 0 saturated heterocycles. The number of nitrogens with one attached hydrogen (secondary N) is 1.